The van der Waals surface area contributed by atoms with Crippen LogP contribution in [0.3, 0.4) is 0 Å². The van der Waals surface area contributed by atoms with E-state index in [9.17, 15) is 0 Å². The van der Waals surface area contributed by atoms with Crippen LogP contribution < -0.4 is 10.1 Å². The predicted octanol–water partition coefficient (Wildman–Crippen LogP) is 3.99. The summed E-state index contributed by atoms with van der Waals surface area (Å²) in [7, 11) is 0. The summed E-state index contributed by atoms with van der Waals surface area (Å²) in [4.78, 5) is 4.34. The van der Waals surface area contributed by atoms with E-state index in [2.05, 4.69) is 44.1 Å². The Hall–Kier alpha value is -1.87. The van der Waals surface area contributed by atoms with Gasteiger partial charge in [-0.2, -0.15) is 0 Å². The van der Waals surface area contributed by atoms with Crippen molar-refractivity contribution in [2.24, 2.45) is 0 Å². The second-order valence-corrected chi connectivity index (χ2v) is 5.39. The number of hydrogen-bond donors (Lipinski definition) is 1. The molecule has 106 valence electrons. The van der Waals surface area contributed by atoms with Crippen molar-refractivity contribution in [3.8, 4) is 11.6 Å². The Morgan fingerprint density at radius 1 is 1.10 bits per heavy atom. The summed E-state index contributed by atoms with van der Waals surface area (Å²) in [6, 6.07) is 10.5. The molecule has 0 aliphatic carbocycles. The Labute approximate surface area is 121 Å². The molecular formula is C17H22N2O. The van der Waals surface area contributed by atoms with Crippen LogP contribution in [0, 0.1) is 13.8 Å². The molecule has 20 heavy (non-hydrogen) atoms. The van der Waals surface area contributed by atoms with E-state index in [0.717, 1.165) is 17.9 Å². The van der Waals surface area contributed by atoms with E-state index in [-0.39, 0.29) is 0 Å². The lowest BCUT2D eigenvalue weighted by molar-refractivity contribution is 0.461. The Morgan fingerprint density at radius 3 is 2.50 bits per heavy atom. The first-order valence-corrected chi connectivity index (χ1v) is 6.98. The molecule has 0 atom stereocenters. The second kappa shape index (κ2) is 6.53. The summed E-state index contributed by atoms with van der Waals surface area (Å²) in [5, 5.41) is 3.36. The zero-order valence-electron chi connectivity index (χ0n) is 12.6. The molecule has 1 aromatic heterocycles. The van der Waals surface area contributed by atoms with Gasteiger partial charge in [-0.3, -0.25) is 0 Å². The van der Waals surface area contributed by atoms with E-state index < -0.39 is 0 Å². The minimum absolute atomic E-state index is 0.474. The standard InChI is InChI=1S/C17H22N2O/c1-12(2)18-10-15-6-8-17(19-11-15)20-16-7-5-13(3)14(4)9-16/h5-9,11-12,18H,10H2,1-4H3. The van der Waals surface area contributed by atoms with Gasteiger partial charge in [-0.1, -0.05) is 26.0 Å². The Kier molecular flexibility index (Phi) is 4.74. The Bertz CT molecular complexity index is 562. The molecule has 3 heteroatoms. The van der Waals surface area contributed by atoms with E-state index in [1.54, 1.807) is 0 Å². The summed E-state index contributed by atoms with van der Waals surface area (Å²) < 4.78 is 5.76. The Balaban J connectivity index is 2.01. The molecule has 0 aliphatic rings. The molecule has 0 amide bonds. The van der Waals surface area contributed by atoms with Crippen LogP contribution in [0.5, 0.6) is 11.6 Å². The summed E-state index contributed by atoms with van der Waals surface area (Å²) in [6.07, 6.45) is 1.85. The van der Waals surface area contributed by atoms with E-state index in [1.807, 2.05) is 30.5 Å². The van der Waals surface area contributed by atoms with E-state index >= 15 is 0 Å². The highest BCUT2D eigenvalue weighted by Gasteiger charge is 2.02. The van der Waals surface area contributed by atoms with Crippen LogP contribution in [0.15, 0.2) is 36.5 Å². The summed E-state index contributed by atoms with van der Waals surface area (Å²) in [5.41, 5.74) is 3.65. The molecule has 0 spiro atoms. The zero-order valence-corrected chi connectivity index (χ0v) is 12.6. The molecule has 0 saturated heterocycles. The van der Waals surface area contributed by atoms with Crippen molar-refractivity contribution in [3.05, 3.63) is 53.2 Å². The van der Waals surface area contributed by atoms with Gasteiger partial charge < -0.3 is 10.1 Å². The largest absolute Gasteiger partial charge is 0.439 e. The molecule has 1 heterocycles. The highest BCUT2D eigenvalue weighted by atomic mass is 16.5. The van der Waals surface area contributed by atoms with Crippen molar-refractivity contribution < 1.29 is 4.74 Å². The van der Waals surface area contributed by atoms with Gasteiger partial charge in [0.25, 0.3) is 0 Å². The molecule has 0 radical (unpaired) electrons. The number of benzene rings is 1. The van der Waals surface area contributed by atoms with Gasteiger partial charge in [0, 0.05) is 24.8 Å². The maximum Gasteiger partial charge on any atom is 0.219 e. The van der Waals surface area contributed by atoms with Crippen LogP contribution in [-0.4, -0.2) is 11.0 Å². The summed E-state index contributed by atoms with van der Waals surface area (Å²) in [6.45, 7) is 9.26. The number of nitrogens with zero attached hydrogens (tertiary/aromatic N) is 1. The first kappa shape index (κ1) is 14.5. The third-order valence-electron chi connectivity index (χ3n) is 3.21. The van der Waals surface area contributed by atoms with E-state index in [4.69, 9.17) is 4.74 Å². The normalized spacial score (nSPS) is 10.8. The van der Waals surface area contributed by atoms with Crippen molar-refractivity contribution >= 4 is 0 Å². The maximum atomic E-state index is 5.76. The molecule has 2 aromatic rings. The SMILES string of the molecule is Cc1ccc(Oc2ccc(CNC(C)C)cn2)cc1C. The zero-order chi connectivity index (χ0) is 14.5. The quantitative estimate of drug-likeness (QED) is 0.892. The van der Waals surface area contributed by atoms with Crippen LogP contribution in [0.1, 0.15) is 30.5 Å². The average molecular weight is 270 g/mol. The maximum absolute atomic E-state index is 5.76. The number of ether oxygens (including phenoxy) is 1. The number of nitrogens with one attached hydrogen (secondary N) is 1. The Morgan fingerprint density at radius 2 is 1.90 bits per heavy atom. The molecule has 1 aromatic carbocycles. The molecule has 2 rings (SSSR count). The van der Waals surface area contributed by atoms with Gasteiger partial charge >= 0.3 is 0 Å². The first-order valence-electron chi connectivity index (χ1n) is 6.98. The van der Waals surface area contributed by atoms with Crippen molar-refractivity contribution in [2.75, 3.05) is 0 Å². The highest BCUT2D eigenvalue weighted by molar-refractivity contribution is 5.36. The highest BCUT2D eigenvalue weighted by Crippen LogP contribution is 2.22. The lowest BCUT2D eigenvalue weighted by Crippen LogP contribution is -2.21. The number of pyridine rings is 1. The van der Waals surface area contributed by atoms with Crippen molar-refractivity contribution in [1.82, 2.24) is 10.3 Å². The molecule has 0 bridgehead atoms. The van der Waals surface area contributed by atoms with Gasteiger partial charge in [-0.05, 0) is 42.7 Å². The van der Waals surface area contributed by atoms with Crippen LogP contribution >= 0.6 is 0 Å². The molecule has 3 nitrogen and oxygen atoms in total. The number of aromatic nitrogens is 1. The lowest BCUT2D eigenvalue weighted by atomic mass is 10.1. The topological polar surface area (TPSA) is 34.1 Å². The minimum Gasteiger partial charge on any atom is -0.439 e. The van der Waals surface area contributed by atoms with E-state index in [1.165, 1.54) is 11.1 Å². The van der Waals surface area contributed by atoms with Gasteiger partial charge in [-0.25, -0.2) is 4.98 Å². The van der Waals surface area contributed by atoms with Gasteiger partial charge in [0.2, 0.25) is 5.88 Å². The fraction of sp³-hybridized carbons (Fsp3) is 0.353. The molecule has 0 unspecified atom stereocenters. The van der Waals surface area contributed by atoms with Gasteiger partial charge in [-0.15, -0.1) is 0 Å². The molecule has 0 aliphatic heterocycles. The first-order chi connectivity index (χ1) is 9.54. The van der Waals surface area contributed by atoms with Crippen molar-refractivity contribution in [1.29, 1.82) is 0 Å². The molecule has 0 saturated carbocycles. The third kappa shape index (κ3) is 4.07. The van der Waals surface area contributed by atoms with Crippen molar-refractivity contribution in [3.63, 3.8) is 0 Å². The third-order valence-corrected chi connectivity index (χ3v) is 3.21. The van der Waals surface area contributed by atoms with Crippen LogP contribution in [-0.2, 0) is 6.54 Å². The molecular weight excluding hydrogens is 248 g/mol. The summed E-state index contributed by atoms with van der Waals surface area (Å²) >= 11 is 0. The molecule has 0 fully saturated rings. The van der Waals surface area contributed by atoms with Gasteiger partial charge in [0.1, 0.15) is 5.75 Å². The fourth-order valence-corrected chi connectivity index (χ4v) is 1.80. The second-order valence-electron chi connectivity index (χ2n) is 5.39. The van der Waals surface area contributed by atoms with Crippen LogP contribution in [0.2, 0.25) is 0 Å². The van der Waals surface area contributed by atoms with Crippen LogP contribution in [0.25, 0.3) is 0 Å². The van der Waals surface area contributed by atoms with Gasteiger partial charge in [0.15, 0.2) is 0 Å². The number of aryl methyl sites for hydroxylation is 2. The van der Waals surface area contributed by atoms with Gasteiger partial charge in [0.05, 0.1) is 0 Å². The average Bonchev–Trinajstić information content (AvgIpc) is 2.42. The monoisotopic (exact) mass is 270 g/mol. The van der Waals surface area contributed by atoms with Crippen LogP contribution in [0.4, 0.5) is 0 Å². The lowest BCUT2D eigenvalue weighted by Gasteiger charge is -2.09. The predicted molar refractivity (Wildman–Crippen MR) is 82.2 cm³/mol. The smallest absolute Gasteiger partial charge is 0.219 e. The number of hydrogen-bond acceptors (Lipinski definition) is 3. The molecule has 1 N–H and O–H groups in total. The van der Waals surface area contributed by atoms with Crippen molar-refractivity contribution in [2.45, 2.75) is 40.3 Å². The fourth-order valence-electron chi connectivity index (χ4n) is 1.80. The number of rotatable bonds is 5. The van der Waals surface area contributed by atoms with E-state index in [0.29, 0.717) is 11.9 Å². The minimum atomic E-state index is 0.474. The summed E-state index contributed by atoms with van der Waals surface area (Å²) in [5.74, 6) is 1.45.